The average molecular weight is 437 g/mol. The summed E-state index contributed by atoms with van der Waals surface area (Å²) in [7, 11) is 0. The largest absolute Gasteiger partial charge is 0.416 e. The quantitative estimate of drug-likeness (QED) is 0.447. The van der Waals surface area contributed by atoms with Crippen LogP contribution in [0.15, 0.2) is 85.6 Å². The van der Waals surface area contributed by atoms with Crippen LogP contribution in [0.4, 0.5) is 24.5 Å². The lowest BCUT2D eigenvalue weighted by atomic mass is 10.1. The molecule has 0 saturated carbocycles. The summed E-state index contributed by atoms with van der Waals surface area (Å²) in [6.07, 6.45) is 2.19. The lowest BCUT2D eigenvalue weighted by molar-refractivity contribution is -0.137. The Balaban J connectivity index is 1.52. The molecule has 4 rings (SSSR count). The van der Waals surface area contributed by atoms with E-state index in [9.17, 15) is 18.0 Å². The van der Waals surface area contributed by atoms with Crippen LogP contribution in [0.5, 0.6) is 0 Å². The van der Waals surface area contributed by atoms with Crippen molar-refractivity contribution in [1.29, 1.82) is 0 Å². The molecule has 0 aliphatic heterocycles. The van der Waals surface area contributed by atoms with Crippen LogP contribution < -0.4 is 10.6 Å². The topological polar surface area (TPSA) is 71.8 Å². The number of carbonyl (C=O) groups is 1. The van der Waals surface area contributed by atoms with Crippen molar-refractivity contribution >= 4 is 17.3 Å². The molecule has 6 nitrogen and oxygen atoms in total. The number of carbonyl (C=O) groups excluding carboxylic acids is 1. The normalized spacial score (nSPS) is 11.2. The molecule has 0 radical (unpaired) electrons. The second-order valence-corrected chi connectivity index (χ2v) is 6.89. The second-order valence-electron chi connectivity index (χ2n) is 6.89. The Morgan fingerprint density at radius 3 is 2.62 bits per heavy atom. The molecule has 0 aliphatic rings. The predicted molar refractivity (Wildman–Crippen MR) is 114 cm³/mol. The number of rotatable bonds is 6. The number of nitrogens with one attached hydrogen (secondary N) is 2. The SMILES string of the molecule is O=C(NCc1cccnc1-n1ccnc1)c1ccccc1Nc1cccc(C(F)(F)F)c1. The summed E-state index contributed by atoms with van der Waals surface area (Å²) >= 11 is 0. The number of aromatic nitrogens is 3. The number of anilines is 2. The van der Waals surface area contributed by atoms with Gasteiger partial charge in [0.2, 0.25) is 0 Å². The zero-order chi connectivity index (χ0) is 22.6. The van der Waals surface area contributed by atoms with Crippen molar-refractivity contribution in [2.75, 3.05) is 5.32 Å². The number of halogens is 3. The number of imidazole rings is 1. The molecule has 0 bridgehead atoms. The third-order valence-corrected chi connectivity index (χ3v) is 4.70. The van der Waals surface area contributed by atoms with Gasteiger partial charge in [-0.1, -0.05) is 24.3 Å². The summed E-state index contributed by atoms with van der Waals surface area (Å²) in [5.74, 6) is 0.265. The summed E-state index contributed by atoms with van der Waals surface area (Å²) < 4.78 is 40.8. The number of hydrogen-bond donors (Lipinski definition) is 2. The average Bonchev–Trinajstić information content (AvgIpc) is 3.32. The first-order valence-electron chi connectivity index (χ1n) is 9.65. The van der Waals surface area contributed by atoms with Gasteiger partial charge >= 0.3 is 6.18 Å². The number of para-hydroxylation sites is 1. The molecule has 4 aromatic rings. The van der Waals surface area contributed by atoms with Gasteiger partial charge < -0.3 is 10.6 Å². The number of benzene rings is 2. The van der Waals surface area contributed by atoms with Crippen molar-refractivity contribution in [1.82, 2.24) is 19.9 Å². The molecule has 2 heterocycles. The highest BCUT2D eigenvalue weighted by Crippen LogP contribution is 2.31. The minimum Gasteiger partial charge on any atom is -0.355 e. The Labute approximate surface area is 181 Å². The van der Waals surface area contributed by atoms with E-state index in [1.807, 2.05) is 6.07 Å². The minimum absolute atomic E-state index is 0.206. The van der Waals surface area contributed by atoms with E-state index in [4.69, 9.17) is 0 Å². The summed E-state index contributed by atoms with van der Waals surface area (Å²) in [4.78, 5) is 21.2. The fourth-order valence-corrected chi connectivity index (χ4v) is 3.17. The fourth-order valence-electron chi connectivity index (χ4n) is 3.17. The Hall–Kier alpha value is -4.14. The first-order chi connectivity index (χ1) is 15.4. The van der Waals surface area contributed by atoms with Crippen molar-refractivity contribution in [3.8, 4) is 5.82 Å². The maximum Gasteiger partial charge on any atom is 0.416 e. The van der Waals surface area contributed by atoms with Gasteiger partial charge in [0.15, 0.2) is 0 Å². The van der Waals surface area contributed by atoms with E-state index >= 15 is 0 Å². The van der Waals surface area contributed by atoms with E-state index in [-0.39, 0.29) is 18.1 Å². The van der Waals surface area contributed by atoms with Gasteiger partial charge in [0.1, 0.15) is 12.1 Å². The molecule has 2 N–H and O–H groups in total. The van der Waals surface area contributed by atoms with E-state index in [1.54, 1.807) is 59.8 Å². The second kappa shape index (κ2) is 8.93. The molecule has 0 saturated heterocycles. The molecule has 0 aliphatic carbocycles. The number of nitrogens with zero attached hydrogens (tertiary/aromatic N) is 3. The van der Waals surface area contributed by atoms with Gasteiger partial charge in [0, 0.05) is 36.4 Å². The van der Waals surface area contributed by atoms with Gasteiger partial charge in [0.25, 0.3) is 5.91 Å². The molecule has 9 heteroatoms. The molecule has 162 valence electrons. The van der Waals surface area contributed by atoms with Crippen LogP contribution >= 0.6 is 0 Å². The van der Waals surface area contributed by atoms with Gasteiger partial charge in [-0.15, -0.1) is 0 Å². The summed E-state index contributed by atoms with van der Waals surface area (Å²) in [6, 6.07) is 15.1. The zero-order valence-electron chi connectivity index (χ0n) is 16.7. The van der Waals surface area contributed by atoms with E-state index < -0.39 is 11.7 Å². The smallest absolute Gasteiger partial charge is 0.355 e. The van der Waals surface area contributed by atoms with E-state index in [2.05, 4.69) is 20.6 Å². The fraction of sp³-hybridized carbons (Fsp3) is 0.0870. The van der Waals surface area contributed by atoms with Crippen molar-refractivity contribution in [3.63, 3.8) is 0 Å². The lowest BCUT2D eigenvalue weighted by Crippen LogP contribution is -2.24. The van der Waals surface area contributed by atoms with E-state index in [0.717, 1.165) is 17.7 Å². The Kier molecular flexibility index (Phi) is 5.89. The van der Waals surface area contributed by atoms with Crippen LogP contribution in [0.1, 0.15) is 21.5 Å². The highest BCUT2D eigenvalue weighted by molar-refractivity contribution is 6.00. The highest BCUT2D eigenvalue weighted by Gasteiger charge is 2.30. The Bertz CT molecular complexity index is 1220. The van der Waals surface area contributed by atoms with Crippen LogP contribution in [0.2, 0.25) is 0 Å². The third-order valence-electron chi connectivity index (χ3n) is 4.70. The zero-order valence-corrected chi connectivity index (χ0v) is 16.7. The maximum absolute atomic E-state index is 13.0. The molecule has 0 unspecified atom stereocenters. The summed E-state index contributed by atoms with van der Waals surface area (Å²) in [6.45, 7) is 0.206. The predicted octanol–water partition coefficient (Wildman–Crippen LogP) is 4.96. The minimum atomic E-state index is -4.45. The molecular formula is C23H18F3N5O. The van der Waals surface area contributed by atoms with Crippen molar-refractivity contribution in [3.05, 3.63) is 102 Å². The summed E-state index contributed by atoms with van der Waals surface area (Å²) in [5, 5.41) is 5.76. The van der Waals surface area contributed by atoms with E-state index in [0.29, 0.717) is 17.1 Å². The molecule has 0 spiro atoms. The molecule has 1 amide bonds. The molecule has 2 aromatic heterocycles. The standard InChI is InChI=1S/C23H18F3N5O/c24-23(25,26)17-6-3-7-18(13-17)30-20-9-2-1-8-19(20)22(32)29-14-16-5-4-10-28-21(16)31-12-11-27-15-31/h1-13,15,30H,14H2,(H,29,32). The van der Waals surface area contributed by atoms with E-state index in [1.165, 1.54) is 12.1 Å². The first kappa shape index (κ1) is 21.1. The number of alkyl halides is 3. The van der Waals surface area contributed by atoms with Gasteiger partial charge in [-0.25, -0.2) is 9.97 Å². The monoisotopic (exact) mass is 437 g/mol. The molecule has 2 aromatic carbocycles. The number of pyridine rings is 1. The van der Waals surface area contributed by atoms with Crippen LogP contribution in [0, 0.1) is 0 Å². The molecule has 0 atom stereocenters. The van der Waals surface area contributed by atoms with Gasteiger partial charge in [0.05, 0.1) is 16.8 Å². The Morgan fingerprint density at radius 1 is 1.00 bits per heavy atom. The van der Waals surface area contributed by atoms with Gasteiger partial charge in [-0.2, -0.15) is 13.2 Å². The van der Waals surface area contributed by atoms with Gasteiger partial charge in [-0.05, 0) is 36.4 Å². The Morgan fingerprint density at radius 2 is 1.84 bits per heavy atom. The molecular weight excluding hydrogens is 419 g/mol. The molecule has 0 fully saturated rings. The number of hydrogen-bond acceptors (Lipinski definition) is 4. The molecule has 32 heavy (non-hydrogen) atoms. The van der Waals surface area contributed by atoms with Crippen LogP contribution in [0.25, 0.3) is 5.82 Å². The third kappa shape index (κ3) is 4.77. The maximum atomic E-state index is 13.0. The highest BCUT2D eigenvalue weighted by atomic mass is 19.4. The first-order valence-corrected chi connectivity index (χ1v) is 9.65. The van der Waals surface area contributed by atoms with Crippen LogP contribution in [-0.4, -0.2) is 20.4 Å². The van der Waals surface area contributed by atoms with Crippen LogP contribution in [0.3, 0.4) is 0 Å². The van der Waals surface area contributed by atoms with Crippen molar-refractivity contribution in [2.24, 2.45) is 0 Å². The summed E-state index contributed by atoms with van der Waals surface area (Å²) in [5.41, 5.74) is 0.938. The van der Waals surface area contributed by atoms with Crippen molar-refractivity contribution < 1.29 is 18.0 Å². The van der Waals surface area contributed by atoms with Crippen molar-refractivity contribution in [2.45, 2.75) is 12.7 Å². The number of amides is 1. The van der Waals surface area contributed by atoms with Gasteiger partial charge in [-0.3, -0.25) is 9.36 Å². The lowest BCUT2D eigenvalue weighted by Gasteiger charge is -2.14. The van der Waals surface area contributed by atoms with Crippen LogP contribution in [-0.2, 0) is 12.7 Å².